The fraction of sp³-hybridized carbons (Fsp3) is 0.167. The highest BCUT2D eigenvalue weighted by Gasteiger charge is 2.19. The lowest BCUT2D eigenvalue weighted by molar-refractivity contribution is -0.117. The van der Waals surface area contributed by atoms with Crippen molar-refractivity contribution in [2.45, 2.75) is 19.9 Å². The molecular weight excluding hydrogens is 320 g/mol. The van der Waals surface area contributed by atoms with Crippen LogP contribution in [-0.2, 0) is 4.79 Å². The van der Waals surface area contributed by atoms with Crippen molar-refractivity contribution in [2.24, 2.45) is 0 Å². The number of amides is 2. The van der Waals surface area contributed by atoms with E-state index in [2.05, 4.69) is 20.8 Å². The van der Waals surface area contributed by atoms with Gasteiger partial charge in [-0.1, -0.05) is 24.3 Å². The third-order valence-electron chi connectivity index (χ3n) is 3.75. The standard InChI is InChI=1S/C18H18N4O3/c1-11-6-3-4-7-13(11)14-10-16(22-21-14)20-17(23)12(2)19-18(24)15-8-5-9-25-15/h3-10,12H,1-2H3,(H,19,24)(H2,20,21,22,23)/t12-/m1/s1. The molecule has 2 heterocycles. The molecule has 128 valence electrons. The molecule has 0 aliphatic carbocycles. The first-order valence-corrected chi connectivity index (χ1v) is 7.81. The fourth-order valence-electron chi connectivity index (χ4n) is 2.37. The molecule has 0 fully saturated rings. The number of rotatable bonds is 5. The molecule has 0 saturated carbocycles. The highest BCUT2D eigenvalue weighted by molar-refractivity contribution is 5.99. The number of H-pyrrole nitrogens is 1. The number of nitrogens with zero attached hydrogens (tertiary/aromatic N) is 1. The summed E-state index contributed by atoms with van der Waals surface area (Å²) in [7, 11) is 0. The molecule has 7 nitrogen and oxygen atoms in total. The molecular formula is C18H18N4O3. The summed E-state index contributed by atoms with van der Waals surface area (Å²) in [5.41, 5.74) is 2.92. The van der Waals surface area contributed by atoms with E-state index < -0.39 is 11.9 Å². The molecule has 0 radical (unpaired) electrons. The zero-order valence-corrected chi connectivity index (χ0v) is 13.9. The van der Waals surface area contributed by atoms with Gasteiger partial charge in [0.25, 0.3) is 5.91 Å². The van der Waals surface area contributed by atoms with E-state index in [1.54, 1.807) is 19.1 Å². The summed E-state index contributed by atoms with van der Waals surface area (Å²) in [4.78, 5) is 24.1. The van der Waals surface area contributed by atoms with Gasteiger partial charge in [-0.15, -0.1) is 0 Å². The number of hydrogen-bond donors (Lipinski definition) is 3. The van der Waals surface area contributed by atoms with Gasteiger partial charge in [0, 0.05) is 11.6 Å². The van der Waals surface area contributed by atoms with Crippen LogP contribution in [0.4, 0.5) is 5.82 Å². The van der Waals surface area contributed by atoms with Crippen molar-refractivity contribution < 1.29 is 14.0 Å². The van der Waals surface area contributed by atoms with Crippen LogP contribution in [0, 0.1) is 6.92 Å². The van der Waals surface area contributed by atoms with Gasteiger partial charge in [-0.3, -0.25) is 14.7 Å². The van der Waals surface area contributed by atoms with Gasteiger partial charge in [0.1, 0.15) is 6.04 Å². The normalized spacial score (nSPS) is 11.8. The predicted octanol–water partition coefficient (Wildman–Crippen LogP) is 2.74. The molecule has 7 heteroatoms. The minimum absolute atomic E-state index is 0.154. The summed E-state index contributed by atoms with van der Waals surface area (Å²) in [6.07, 6.45) is 1.40. The third kappa shape index (κ3) is 3.77. The Bertz CT molecular complexity index is 883. The fourth-order valence-corrected chi connectivity index (χ4v) is 2.37. The van der Waals surface area contributed by atoms with E-state index in [1.165, 1.54) is 12.3 Å². The molecule has 1 aromatic carbocycles. The number of aromatic amines is 1. The second kappa shape index (κ2) is 7.04. The van der Waals surface area contributed by atoms with Crippen molar-refractivity contribution in [1.29, 1.82) is 0 Å². The summed E-state index contributed by atoms with van der Waals surface area (Å²) in [5, 5.41) is 12.2. The topological polar surface area (TPSA) is 100 Å². The molecule has 1 atom stereocenters. The van der Waals surface area contributed by atoms with E-state index in [0.717, 1.165) is 16.8 Å². The number of carbonyl (C=O) groups excluding carboxylic acids is 2. The van der Waals surface area contributed by atoms with E-state index in [0.29, 0.717) is 5.82 Å². The number of aromatic nitrogens is 2. The molecule has 2 aromatic heterocycles. The first kappa shape index (κ1) is 16.5. The Morgan fingerprint density at radius 2 is 2.00 bits per heavy atom. The summed E-state index contributed by atoms with van der Waals surface area (Å²) in [6, 6.07) is 12.0. The number of benzene rings is 1. The minimum atomic E-state index is -0.740. The van der Waals surface area contributed by atoms with Crippen LogP contribution in [0.5, 0.6) is 0 Å². The van der Waals surface area contributed by atoms with Crippen LogP contribution < -0.4 is 10.6 Å². The largest absolute Gasteiger partial charge is 0.459 e. The molecule has 3 N–H and O–H groups in total. The number of hydrogen-bond acceptors (Lipinski definition) is 4. The minimum Gasteiger partial charge on any atom is -0.459 e. The van der Waals surface area contributed by atoms with Crippen LogP contribution in [-0.4, -0.2) is 28.1 Å². The Morgan fingerprint density at radius 1 is 1.20 bits per heavy atom. The number of aryl methyl sites for hydroxylation is 1. The van der Waals surface area contributed by atoms with E-state index >= 15 is 0 Å². The second-order valence-electron chi connectivity index (χ2n) is 5.64. The quantitative estimate of drug-likeness (QED) is 0.666. The van der Waals surface area contributed by atoms with Crippen molar-refractivity contribution >= 4 is 17.6 Å². The van der Waals surface area contributed by atoms with E-state index in [4.69, 9.17) is 4.42 Å². The lowest BCUT2D eigenvalue weighted by Gasteiger charge is -2.11. The predicted molar refractivity (Wildman–Crippen MR) is 93.0 cm³/mol. The average Bonchev–Trinajstić information content (AvgIpc) is 3.27. The molecule has 0 aliphatic rings. The Morgan fingerprint density at radius 3 is 2.72 bits per heavy atom. The molecule has 2 amide bonds. The first-order chi connectivity index (χ1) is 12.0. The van der Waals surface area contributed by atoms with Crippen LogP contribution in [0.1, 0.15) is 23.0 Å². The van der Waals surface area contributed by atoms with Gasteiger partial charge in [-0.25, -0.2) is 0 Å². The summed E-state index contributed by atoms with van der Waals surface area (Å²) >= 11 is 0. The monoisotopic (exact) mass is 338 g/mol. The van der Waals surface area contributed by atoms with Gasteiger partial charge in [0.2, 0.25) is 5.91 Å². The molecule has 0 spiro atoms. The maximum atomic E-state index is 12.2. The van der Waals surface area contributed by atoms with E-state index in [9.17, 15) is 9.59 Å². The highest BCUT2D eigenvalue weighted by atomic mass is 16.3. The Balaban J connectivity index is 1.63. The Kier molecular flexibility index (Phi) is 4.65. The summed E-state index contributed by atoms with van der Waals surface area (Å²) in [5.74, 6) is -0.276. The van der Waals surface area contributed by atoms with Crippen LogP contribution in [0.3, 0.4) is 0 Å². The zero-order chi connectivity index (χ0) is 17.8. The second-order valence-corrected chi connectivity index (χ2v) is 5.64. The average molecular weight is 338 g/mol. The van der Waals surface area contributed by atoms with Crippen LogP contribution >= 0.6 is 0 Å². The summed E-state index contributed by atoms with van der Waals surface area (Å²) < 4.78 is 5.00. The molecule has 0 bridgehead atoms. The van der Waals surface area contributed by atoms with Gasteiger partial charge in [0.05, 0.1) is 12.0 Å². The molecule has 0 unspecified atom stereocenters. The van der Waals surface area contributed by atoms with Crippen LogP contribution in [0.15, 0.2) is 53.1 Å². The van der Waals surface area contributed by atoms with Gasteiger partial charge in [-0.2, -0.15) is 5.10 Å². The summed E-state index contributed by atoms with van der Waals surface area (Å²) in [6.45, 7) is 3.59. The molecule has 0 saturated heterocycles. The van der Waals surface area contributed by atoms with Gasteiger partial charge in [0.15, 0.2) is 11.6 Å². The van der Waals surface area contributed by atoms with Crippen molar-refractivity contribution in [2.75, 3.05) is 5.32 Å². The molecule has 3 aromatic rings. The van der Waals surface area contributed by atoms with Crippen molar-refractivity contribution in [1.82, 2.24) is 15.5 Å². The smallest absolute Gasteiger partial charge is 0.287 e. The SMILES string of the molecule is Cc1ccccc1-c1cc(NC(=O)[C@@H](C)NC(=O)c2ccco2)n[nH]1. The molecule has 3 rings (SSSR count). The van der Waals surface area contributed by atoms with Crippen LogP contribution in [0.2, 0.25) is 0 Å². The van der Waals surface area contributed by atoms with Crippen LogP contribution in [0.25, 0.3) is 11.3 Å². The number of carbonyl (C=O) groups is 2. The van der Waals surface area contributed by atoms with Gasteiger partial charge < -0.3 is 15.1 Å². The molecule has 0 aliphatic heterocycles. The number of nitrogens with one attached hydrogen (secondary N) is 3. The van der Waals surface area contributed by atoms with E-state index in [-0.39, 0.29) is 11.7 Å². The van der Waals surface area contributed by atoms with Gasteiger partial charge in [-0.05, 0) is 31.5 Å². The number of anilines is 1. The van der Waals surface area contributed by atoms with Crippen molar-refractivity contribution in [3.8, 4) is 11.3 Å². The molecule has 25 heavy (non-hydrogen) atoms. The lowest BCUT2D eigenvalue weighted by Crippen LogP contribution is -2.41. The lowest BCUT2D eigenvalue weighted by atomic mass is 10.1. The van der Waals surface area contributed by atoms with Crippen molar-refractivity contribution in [3.63, 3.8) is 0 Å². The third-order valence-corrected chi connectivity index (χ3v) is 3.75. The zero-order valence-electron chi connectivity index (χ0n) is 13.9. The van der Waals surface area contributed by atoms with Gasteiger partial charge >= 0.3 is 0 Å². The maximum Gasteiger partial charge on any atom is 0.287 e. The van der Waals surface area contributed by atoms with Crippen molar-refractivity contribution in [3.05, 3.63) is 60.1 Å². The first-order valence-electron chi connectivity index (χ1n) is 7.81. The highest BCUT2D eigenvalue weighted by Crippen LogP contribution is 2.23. The maximum absolute atomic E-state index is 12.2. The Labute approximate surface area is 144 Å². The number of furan rings is 1. The van der Waals surface area contributed by atoms with E-state index in [1.807, 2.05) is 31.2 Å². The Hall–Kier alpha value is -3.35.